The molecule has 3 aromatic rings. The molecule has 9 nitrogen and oxygen atoms in total. The van der Waals surface area contributed by atoms with Crippen LogP contribution in [0.1, 0.15) is 56.2 Å². The molecule has 1 aromatic heterocycles. The Balaban J connectivity index is 1.62. The summed E-state index contributed by atoms with van der Waals surface area (Å²) in [4.78, 5) is 33.0. The van der Waals surface area contributed by atoms with Crippen molar-refractivity contribution in [2.24, 2.45) is 5.11 Å². The number of nitrogens with zero attached hydrogens (tertiary/aromatic N) is 3. The van der Waals surface area contributed by atoms with Gasteiger partial charge in [-0.15, -0.1) is 5.11 Å². The minimum absolute atomic E-state index is 0.0822. The van der Waals surface area contributed by atoms with E-state index in [0.717, 1.165) is 16.7 Å². The number of aromatic nitrogens is 2. The van der Waals surface area contributed by atoms with E-state index in [1.807, 2.05) is 38.1 Å². The molecule has 0 saturated heterocycles. The highest BCUT2D eigenvalue weighted by molar-refractivity contribution is 5.97. The van der Waals surface area contributed by atoms with Gasteiger partial charge >= 0.3 is 0 Å². The van der Waals surface area contributed by atoms with Crippen LogP contribution in [-0.4, -0.2) is 27.6 Å². The quantitative estimate of drug-likeness (QED) is 0.258. The summed E-state index contributed by atoms with van der Waals surface area (Å²) in [6, 6.07) is 15.7. The number of hydrogen-bond acceptors (Lipinski definition) is 6. The number of rotatable bonds is 7. The van der Waals surface area contributed by atoms with Gasteiger partial charge in [-0.25, -0.2) is 15.5 Å². The van der Waals surface area contributed by atoms with Crippen LogP contribution < -0.4 is 10.6 Å². The van der Waals surface area contributed by atoms with Gasteiger partial charge in [0.15, 0.2) is 5.84 Å². The van der Waals surface area contributed by atoms with Gasteiger partial charge in [0, 0.05) is 18.2 Å². The molecule has 0 aliphatic heterocycles. The van der Waals surface area contributed by atoms with Gasteiger partial charge in [0.25, 0.3) is 11.8 Å². The lowest BCUT2D eigenvalue weighted by atomic mass is 10.1. The topological polar surface area (TPSA) is 144 Å². The second kappa shape index (κ2) is 10.2. The molecular weight excluding hydrogens is 406 g/mol. The minimum Gasteiger partial charge on any atom is -0.347 e. The maximum Gasteiger partial charge on any atom is 0.270 e. The predicted octanol–water partition coefficient (Wildman–Crippen LogP) is 3.56. The Hall–Kier alpha value is -4.27. The van der Waals surface area contributed by atoms with E-state index in [2.05, 4.69) is 25.7 Å². The molecule has 0 aliphatic rings. The van der Waals surface area contributed by atoms with Gasteiger partial charge in [0.05, 0.1) is 6.04 Å². The van der Waals surface area contributed by atoms with Gasteiger partial charge in [-0.1, -0.05) is 54.1 Å². The first kappa shape index (κ1) is 22.4. The second-order valence-corrected chi connectivity index (χ2v) is 7.23. The van der Waals surface area contributed by atoms with Gasteiger partial charge in [0.2, 0.25) is 0 Å². The van der Waals surface area contributed by atoms with Crippen molar-refractivity contribution in [3.63, 3.8) is 0 Å². The van der Waals surface area contributed by atoms with Crippen LogP contribution in [0.5, 0.6) is 0 Å². The lowest BCUT2D eigenvalue weighted by molar-refractivity contribution is 0.0934. The van der Waals surface area contributed by atoms with Crippen molar-refractivity contribution in [1.82, 2.24) is 20.6 Å². The van der Waals surface area contributed by atoms with Gasteiger partial charge in [0.1, 0.15) is 17.7 Å². The van der Waals surface area contributed by atoms with Crippen LogP contribution in [0.4, 0.5) is 0 Å². The summed E-state index contributed by atoms with van der Waals surface area (Å²) < 4.78 is 0. The lowest BCUT2D eigenvalue weighted by Gasteiger charge is -2.14. The van der Waals surface area contributed by atoms with E-state index in [4.69, 9.17) is 10.9 Å². The van der Waals surface area contributed by atoms with Crippen molar-refractivity contribution in [2.75, 3.05) is 0 Å². The summed E-state index contributed by atoms with van der Waals surface area (Å²) in [5.41, 5.74) is 10.5. The SMILES string of the molecule is Cc1ccc(CNC(=O)c2cc(C(=O)NC(C)c3ccc(C(=N)N=N)cc3)ncn2)cc1. The third kappa shape index (κ3) is 5.66. The Bertz CT molecular complexity index is 1140. The maximum atomic E-state index is 12.6. The molecule has 2 aromatic carbocycles. The second-order valence-electron chi connectivity index (χ2n) is 7.23. The Kier molecular flexibility index (Phi) is 7.12. The van der Waals surface area contributed by atoms with E-state index in [-0.39, 0.29) is 23.3 Å². The first-order chi connectivity index (χ1) is 15.4. The monoisotopic (exact) mass is 429 g/mol. The summed E-state index contributed by atoms with van der Waals surface area (Å²) in [5, 5.41) is 16.3. The zero-order valence-electron chi connectivity index (χ0n) is 17.7. The number of carbonyl (C=O) groups excluding carboxylic acids is 2. The van der Waals surface area contributed by atoms with Crippen LogP contribution in [0.2, 0.25) is 0 Å². The largest absolute Gasteiger partial charge is 0.347 e. The Labute approximate surface area is 185 Å². The molecule has 9 heteroatoms. The summed E-state index contributed by atoms with van der Waals surface area (Å²) in [6.45, 7) is 4.15. The molecule has 1 atom stereocenters. The number of nitrogens with one attached hydrogen (secondary N) is 4. The number of benzene rings is 2. The van der Waals surface area contributed by atoms with Crippen molar-refractivity contribution in [3.05, 3.63) is 94.6 Å². The van der Waals surface area contributed by atoms with Crippen LogP contribution in [-0.2, 0) is 6.54 Å². The van der Waals surface area contributed by atoms with Crippen LogP contribution in [0.25, 0.3) is 0 Å². The highest BCUT2D eigenvalue weighted by atomic mass is 16.2. The van der Waals surface area contributed by atoms with E-state index < -0.39 is 11.8 Å². The molecule has 0 spiro atoms. The fourth-order valence-corrected chi connectivity index (χ4v) is 2.93. The van der Waals surface area contributed by atoms with Gasteiger partial charge in [-0.05, 0) is 25.0 Å². The Morgan fingerprint density at radius 1 is 1.00 bits per heavy atom. The molecule has 3 rings (SSSR count). The Morgan fingerprint density at radius 3 is 2.25 bits per heavy atom. The third-order valence-corrected chi connectivity index (χ3v) is 4.85. The van der Waals surface area contributed by atoms with Gasteiger partial charge < -0.3 is 10.6 Å². The molecule has 0 bridgehead atoms. The third-order valence-electron chi connectivity index (χ3n) is 4.85. The molecule has 2 amide bonds. The van der Waals surface area contributed by atoms with Crippen LogP contribution in [0.15, 0.2) is 66.0 Å². The molecule has 0 aliphatic carbocycles. The normalized spacial score (nSPS) is 11.3. The van der Waals surface area contributed by atoms with Gasteiger partial charge in [-0.2, -0.15) is 0 Å². The average Bonchev–Trinajstić information content (AvgIpc) is 2.83. The van der Waals surface area contributed by atoms with E-state index >= 15 is 0 Å². The molecule has 0 fully saturated rings. The fourth-order valence-electron chi connectivity index (χ4n) is 2.93. The molecule has 162 valence electrons. The number of amidine groups is 1. The van der Waals surface area contributed by atoms with Crippen molar-refractivity contribution in [2.45, 2.75) is 26.4 Å². The average molecular weight is 429 g/mol. The van der Waals surface area contributed by atoms with E-state index in [1.165, 1.54) is 12.4 Å². The molecule has 32 heavy (non-hydrogen) atoms. The van der Waals surface area contributed by atoms with Crippen LogP contribution in [0.3, 0.4) is 0 Å². The van der Waals surface area contributed by atoms with Crippen molar-refractivity contribution in [1.29, 1.82) is 10.9 Å². The summed E-state index contributed by atoms with van der Waals surface area (Å²) in [5.74, 6) is -0.971. The first-order valence-electron chi connectivity index (χ1n) is 9.90. The number of hydrogen-bond donors (Lipinski definition) is 4. The lowest BCUT2D eigenvalue weighted by Crippen LogP contribution is -2.29. The van der Waals surface area contributed by atoms with Gasteiger partial charge in [-0.3, -0.25) is 15.0 Å². The number of amides is 2. The van der Waals surface area contributed by atoms with Crippen LogP contribution in [0, 0.1) is 17.9 Å². The molecule has 4 N–H and O–H groups in total. The highest BCUT2D eigenvalue weighted by Crippen LogP contribution is 2.15. The molecular formula is C23H23N7O2. The van der Waals surface area contributed by atoms with Crippen molar-refractivity contribution >= 4 is 17.6 Å². The van der Waals surface area contributed by atoms with Crippen molar-refractivity contribution in [3.8, 4) is 0 Å². The van der Waals surface area contributed by atoms with Crippen LogP contribution >= 0.6 is 0 Å². The van der Waals surface area contributed by atoms with E-state index in [1.54, 1.807) is 24.3 Å². The maximum absolute atomic E-state index is 12.6. The smallest absolute Gasteiger partial charge is 0.270 e. The molecule has 1 heterocycles. The Morgan fingerprint density at radius 2 is 1.62 bits per heavy atom. The fraction of sp³-hybridized carbons (Fsp3) is 0.174. The molecule has 0 saturated carbocycles. The van der Waals surface area contributed by atoms with Crippen molar-refractivity contribution < 1.29 is 9.59 Å². The zero-order chi connectivity index (χ0) is 23.1. The number of aryl methyl sites for hydroxylation is 1. The van der Waals surface area contributed by atoms with E-state index in [0.29, 0.717) is 12.1 Å². The number of carbonyl (C=O) groups is 2. The molecule has 1 unspecified atom stereocenters. The zero-order valence-corrected chi connectivity index (χ0v) is 17.7. The summed E-state index contributed by atoms with van der Waals surface area (Å²) in [6.07, 6.45) is 1.19. The van der Waals surface area contributed by atoms with E-state index in [9.17, 15) is 9.59 Å². The molecule has 0 radical (unpaired) electrons. The highest BCUT2D eigenvalue weighted by Gasteiger charge is 2.16. The summed E-state index contributed by atoms with van der Waals surface area (Å²) in [7, 11) is 0. The summed E-state index contributed by atoms with van der Waals surface area (Å²) >= 11 is 0. The predicted molar refractivity (Wildman–Crippen MR) is 119 cm³/mol. The minimum atomic E-state index is -0.439. The standard InChI is InChI=1S/C23H23N7O2/c1-14-3-5-16(6-4-14)12-26-22(31)19-11-20(28-13-27-19)23(32)29-15(2)17-7-9-18(10-8-17)21(24)30-25/h3-11,13,15,24-25H,12H2,1-2H3,(H,26,31)(H,29,32). The first-order valence-corrected chi connectivity index (χ1v) is 9.90.